The molecule has 0 aromatic heterocycles. The predicted octanol–water partition coefficient (Wildman–Crippen LogP) is 3.77. The number of hydrogen-bond acceptors (Lipinski definition) is 1. The Balaban J connectivity index is 1.76. The van der Waals surface area contributed by atoms with Crippen LogP contribution in [0.2, 0.25) is 0 Å². The number of hydrogen-bond donors (Lipinski definition) is 0. The van der Waals surface area contributed by atoms with Gasteiger partial charge in [-0.2, -0.15) is 5.26 Å². The highest BCUT2D eigenvalue weighted by molar-refractivity contribution is 5.40. The van der Waals surface area contributed by atoms with Crippen LogP contribution >= 0.6 is 0 Å². The zero-order chi connectivity index (χ0) is 15.0. The van der Waals surface area contributed by atoms with Gasteiger partial charge in [0.2, 0.25) is 0 Å². The standard InChI is InChI=1S/C20H21N2/c21-16-20-10-12-22(13-11-20,14-17-6-2-1-3-7-17)15-18-8-4-5-9-19(18)20/h1-9H,10-15H2/q+1. The molecule has 2 bridgehead atoms. The normalized spacial score (nSPS) is 29.4. The number of benzene rings is 2. The van der Waals surface area contributed by atoms with E-state index in [4.69, 9.17) is 0 Å². The van der Waals surface area contributed by atoms with E-state index in [1.165, 1.54) is 16.7 Å². The predicted molar refractivity (Wildman–Crippen MR) is 86.8 cm³/mol. The number of fused-ring (bicyclic) bond motifs is 2. The van der Waals surface area contributed by atoms with Crippen LogP contribution in [-0.4, -0.2) is 17.6 Å². The van der Waals surface area contributed by atoms with Gasteiger partial charge in [0, 0.05) is 24.0 Å². The first-order valence-corrected chi connectivity index (χ1v) is 8.14. The molecule has 0 saturated carbocycles. The molecule has 0 amide bonds. The number of rotatable bonds is 2. The summed E-state index contributed by atoms with van der Waals surface area (Å²) in [5.74, 6) is 0. The second kappa shape index (κ2) is 4.97. The number of quaternary nitrogens is 1. The Kier molecular flexibility index (Phi) is 3.06. The maximum absolute atomic E-state index is 9.85. The average Bonchev–Trinajstić information content (AvgIpc) is 2.79. The lowest BCUT2D eigenvalue weighted by Crippen LogP contribution is -2.52. The summed E-state index contributed by atoms with van der Waals surface area (Å²) in [7, 11) is 0. The minimum atomic E-state index is -0.245. The lowest BCUT2D eigenvalue weighted by atomic mass is 9.74. The number of nitrogens with zero attached hydrogens (tertiary/aromatic N) is 2. The van der Waals surface area contributed by atoms with Crippen LogP contribution in [-0.2, 0) is 18.5 Å². The Morgan fingerprint density at radius 2 is 1.64 bits per heavy atom. The van der Waals surface area contributed by atoms with Crippen LogP contribution in [0.25, 0.3) is 0 Å². The zero-order valence-electron chi connectivity index (χ0n) is 12.8. The van der Waals surface area contributed by atoms with E-state index in [0.29, 0.717) is 0 Å². The molecule has 1 saturated heterocycles. The van der Waals surface area contributed by atoms with Gasteiger partial charge in [0.05, 0.1) is 24.6 Å². The van der Waals surface area contributed by atoms with Gasteiger partial charge in [-0.25, -0.2) is 0 Å². The summed E-state index contributed by atoms with van der Waals surface area (Å²) >= 11 is 0. The third-order valence-electron chi connectivity index (χ3n) is 5.64. The summed E-state index contributed by atoms with van der Waals surface area (Å²) in [6.07, 6.45) is 1.99. The molecule has 0 unspecified atom stereocenters. The van der Waals surface area contributed by atoms with Crippen LogP contribution in [0.15, 0.2) is 54.6 Å². The first-order valence-electron chi connectivity index (χ1n) is 8.14. The smallest absolute Gasteiger partial charge is 0.105 e. The molecule has 0 radical (unpaired) electrons. The fraction of sp³-hybridized carbons (Fsp3) is 0.350. The van der Waals surface area contributed by atoms with E-state index >= 15 is 0 Å². The summed E-state index contributed by atoms with van der Waals surface area (Å²) in [4.78, 5) is 0. The summed E-state index contributed by atoms with van der Waals surface area (Å²) in [5.41, 5.74) is 3.84. The molecule has 2 nitrogen and oxygen atoms in total. The van der Waals surface area contributed by atoms with Crippen molar-refractivity contribution in [2.45, 2.75) is 31.3 Å². The first kappa shape index (κ1) is 13.5. The van der Waals surface area contributed by atoms with Crippen LogP contribution in [0.3, 0.4) is 0 Å². The van der Waals surface area contributed by atoms with Gasteiger partial charge in [0.1, 0.15) is 13.1 Å². The van der Waals surface area contributed by atoms with Gasteiger partial charge >= 0.3 is 0 Å². The largest absolute Gasteiger partial charge is 0.316 e. The highest BCUT2D eigenvalue weighted by Crippen LogP contribution is 2.44. The summed E-state index contributed by atoms with van der Waals surface area (Å²) in [6.45, 7) is 4.36. The van der Waals surface area contributed by atoms with E-state index in [1.54, 1.807) is 0 Å². The SMILES string of the molecule is N#CC12CC[N+](Cc3ccccc3)(CC1)Cc1ccccc12. The summed E-state index contributed by atoms with van der Waals surface area (Å²) in [6, 6.07) is 22.1. The van der Waals surface area contributed by atoms with Crippen molar-refractivity contribution in [3.8, 4) is 6.07 Å². The van der Waals surface area contributed by atoms with Crippen LogP contribution in [0.4, 0.5) is 0 Å². The second-order valence-corrected chi connectivity index (χ2v) is 6.94. The quantitative estimate of drug-likeness (QED) is 0.772. The number of piperidine rings is 1. The molecule has 5 rings (SSSR count). The van der Waals surface area contributed by atoms with Crippen LogP contribution in [0, 0.1) is 11.3 Å². The molecule has 2 aromatic carbocycles. The monoisotopic (exact) mass is 289 g/mol. The fourth-order valence-corrected chi connectivity index (χ4v) is 4.36. The molecular weight excluding hydrogens is 268 g/mol. The molecule has 22 heavy (non-hydrogen) atoms. The molecule has 0 spiro atoms. The molecule has 2 heteroatoms. The van der Waals surface area contributed by atoms with E-state index in [1.807, 2.05) is 0 Å². The van der Waals surface area contributed by atoms with Gasteiger partial charge in [-0.1, -0.05) is 54.6 Å². The van der Waals surface area contributed by atoms with Crippen molar-refractivity contribution in [1.82, 2.24) is 0 Å². The van der Waals surface area contributed by atoms with Crippen LogP contribution < -0.4 is 0 Å². The lowest BCUT2D eigenvalue weighted by molar-refractivity contribution is -0.957. The van der Waals surface area contributed by atoms with Crippen molar-refractivity contribution in [2.75, 3.05) is 13.1 Å². The van der Waals surface area contributed by atoms with Gasteiger partial charge in [-0.15, -0.1) is 0 Å². The molecule has 3 aliphatic heterocycles. The maximum atomic E-state index is 9.85. The van der Waals surface area contributed by atoms with Gasteiger partial charge < -0.3 is 4.48 Å². The van der Waals surface area contributed by atoms with E-state index in [2.05, 4.69) is 60.7 Å². The van der Waals surface area contributed by atoms with E-state index in [0.717, 1.165) is 43.5 Å². The van der Waals surface area contributed by atoms with E-state index in [-0.39, 0.29) is 5.41 Å². The molecule has 110 valence electrons. The summed E-state index contributed by atoms with van der Waals surface area (Å²) in [5, 5.41) is 9.85. The maximum Gasteiger partial charge on any atom is 0.105 e. The minimum Gasteiger partial charge on any atom is -0.316 e. The zero-order valence-corrected chi connectivity index (χ0v) is 12.8. The third kappa shape index (κ3) is 2.05. The van der Waals surface area contributed by atoms with Gasteiger partial charge in [0.15, 0.2) is 0 Å². The lowest BCUT2D eigenvalue weighted by Gasteiger charge is -2.43. The van der Waals surface area contributed by atoms with Gasteiger partial charge in [-0.05, 0) is 5.56 Å². The molecule has 2 aromatic rings. The van der Waals surface area contributed by atoms with Crippen molar-refractivity contribution < 1.29 is 4.48 Å². The molecule has 0 aliphatic carbocycles. The highest BCUT2D eigenvalue weighted by Gasteiger charge is 2.48. The van der Waals surface area contributed by atoms with Crippen LogP contribution in [0.5, 0.6) is 0 Å². The van der Waals surface area contributed by atoms with E-state index in [9.17, 15) is 5.26 Å². The van der Waals surface area contributed by atoms with Gasteiger partial charge in [0.25, 0.3) is 0 Å². The van der Waals surface area contributed by atoms with Crippen molar-refractivity contribution in [3.63, 3.8) is 0 Å². The Hall–Kier alpha value is -2.11. The minimum absolute atomic E-state index is 0.245. The molecular formula is C20H21N2+. The third-order valence-corrected chi connectivity index (χ3v) is 5.64. The van der Waals surface area contributed by atoms with Crippen molar-refractivity contribution >= 4 is 0 Å². The molecule has 3 heterocycles. The van der Waals surface area contributed by atoms with Crippen molar-refractivity contribution in [3.05, 3.63) is 71.3 Å². The summed E-state index contributed by atoms with van der Waals surface area (Å²) < 4.78 is 1.10. The Labute approximate surface area is 132 Å². The molecule has 0 N–H and O–H groups in total. The average molecular weight is 289 g/mol. The second-order valence-electron chi connectivity index (χ2n) is 6.94. The Morgan fingerprint density at radius 1 is 0.955 bits per heavy atom. The van der Waals surface area contributed by atoms with Crippen LogP contribution in [0.1, 0.15) is 29.5 Å². The van der Waals surface area contributed by atoms with Crippen molar-refractivity contribution in [2.24, 2.45) is 0 Å². The first-order chi connectivity index (χ1) is 10.8. The Morgan fingerprint density at radius 3 is 2.36 bits per heavy atom. The van der Waals surface area contributed by atoms with Crippen molar-refractivity contribution in [1.29, 1.82) is 5.26 Å². The molecule has 1 fully saturated rings. The van der Waals surface area contributed by atoms with E-state index < -0.39 is 0 Å². The number of nitriles is 1. The van der Waals surface area contributed by atoms with Gasteiger partial charge in [-0.3, -0.25) is 0 Å². The topological polar surface area (TPSA) is 23.8 Å². The Bertz CT molecular complexity index is 719. The molecule has 3 aliphatic rings. The molecule has 0 atom stereocenters. The highest BCUT2D eigenvalue weighted by atomic mass is 15.4. The fourth-order valence-electron chi connectivity index (χ4n) is 4.36.